The summed E-state index contributed by atoms with van der Waals surface area (Å²) in [4.78, 5) is 25.5. The molecule has 20 heavy (non-hydrogen) atoms. The van der Waals surface area contributed by atoms with E-state index in [1.54, 1.807) is 0 Å². The van der Waals surface area contributed by atoms with Crippen molar-refractivity contribution in [2.75, 3.05) is 26.2 Å². The van der Waals surface area contributed by atoms with Gasteiger partial charge in [-0.3, -0.25) is 9.59 Å². The highest BCUT2D eigenvalue weighted by molar-refractivity contribution is 5.85. The number of halogens is 1. The molecule has 0 aromatic carbocycles. The van der Waals surface area contributed by atoms with Crippen LogP contribution in [0, 0.1) is 5.92 Å². The summed E-state index contributed by atoms with van der Waals surface area (Å²) in [6.45, 7) is 5.22. The molecule has 2 amide bonds. The van der Waals surface area contributed by atoms with E-state index in [2.05, 4.69) is 10.6 Å². The SMILES string of the molecule is CCC(=O)N1CCCC(CNC(=O)C2CCCN2)C1.Cl. The van der Waals surface area contributed by atoms with Gasteiger partial charge in [0, 0.05) is 26.1 Å². The fourth-order valence-electron chi connectivity index (χ4n) is 2.96. The molecule has 2 heterocycles. The first-order valence-corrected chi connectivity index (χ1v) is 7.49. The van der Waals surface area contributed by atoms with Gasteiger partial charge in [0.15, 0.2) is 0 Å². The van der Waals surface area contributed by atoms with Crippen LogP contribution in [-0.2, 0) is 9.59 Å². The van der Waals surface area contributed by atoms with E-state index in [1.807, 2.05) is 11.8 Å². The minimum Gasteiger partial charge on any atom is -0.354 e. The minimum absolute atomic E-state index is 0. The van der Waals surface area contributed by atoms with Crippen molar-refractivity contribution in [2.24, 2.45) is 5.92 Å². The van der Waals surface area contributed by atoms with Gasteiger partial charge in [-0.2, -0.15) is 0 Å². The molecule has 2 rings (SSSR count). The number of hydrogen-bond donors (Lipinski definition) is 2. The lowest BCUT2D eigenvalue weighted by molar-refractivity contribution is -0.132. The number of nitrogens with one attached hydrogen (secondary N) is 2. The van der Waals surface area contributed by atoms with Gasteiger partial charge in [-0.15, -0.1) is 12.4 Å². The molecule has 0 aromatic rings. The Morgan fingerprint density at radius 1 is 1.30 bits per heavy atom. The highest BCUT2D eigenvalue weighted by Crippen LogP contribution is 2.16. The average molecular weight is 304 g/mol. The van der Waals surface area contributed by atoms with Gasteiger partial charge in [-0.1, -0.05) is 6.92 Å². The summed E-state index contributed by atoms with van der Waals surface area (Å²) >= 11 is 0. The van der Waals surface area contributed by atoms with Gasteiger partial charge < -0.3 is 15.5 Å². The molecule has 6 heteroatoms. The van der Waals surface area contributed by atoms with Crippen molar-refractivity contribution in [3.8, 4) is 0 Å². The Balaban J connectivity index is 0.00000200. The van der Waals surface area contributed by atoms with E-state index >= 15 is 0 Å². The lowest BCUT2D eigenvalue weighted by atomic mass is 9.97. The van der Waals surface area contributed by atoms with E-state index in [0.29, 0.717) is 18.9 Å². The summed E-state index contributed by atoms with van der Waals surface area (Å²) in [6.07, 6.45) is 4.75. The average Bonchev–Trinajstić information content (AvgIpc) is 2.98. The Hall–Kier alpha value is -0.810. The van der Waals surface area contributed by atoms with Gasteiger partial charge in [0.2, 0.25) is 11.8 Å². The van der Waals surface area contributed by atoms with Crippen LogP contribution in [0.2, 0.25) is 0 Å². The molecule has 0 saturated carbocycles. The summed E-state index contributed by atoms with van der Waals surface area (Å²) in [7, 11) is 0. The Bertz CT molecular complexity index is 332. The lowest BCUT2D eigenvalue weighted by Gasteiger charge is -2.33. The number of nitrogens with zero attached hydrogens (tertiary/aromatic N) is 1. The molecule has 2 unspecified atom stereocenters. The van der Waals surface area contributed by atoms with Gasteiger partial charge in [0.05, 0.1) is 6.04 Å². The molecule has 2 aliphatic rings. The second kappa shape index (κ2) is 8.47. The molecule has 0 spiro atoms. The van der Waals surface area contributed by atoms with E-state index in [-0.39, 0.29) is 30.3 Å². The molecule has 2 fully saturated rings. The smallest absolute Gasteiger partial charge is 0.237 e. The number of carbonyl (C=O) groups is 2. The number of likely N-dealkylation sites (tertiary alicyclic amines) is 1. The molecular weight excluding hydrogens is 278 g/mol. The number of rotatable bonds is 4. The van der Waals surface area contributed by atoms with E-state index in [4.69, 9.17) is 0 Å². The van der Waals surface area contributed by atoms with Gasteiger partial charge in [-0.05, 0) is 38.1 Å². The van der Waals surface area contributed by atoms with Crippen molar-refractivity contribution in [1.29, 1.82) is 0 Å². The first-order chi connectivity index (χ1) is 9.20. The van der Waals surface area contributed by atoms with Gasteiger partial charge in [0.25, 0.3) is 0 Å². The third kappa shape index (κ3) is 4.63. The lowest BCUT2D eigenvalue weighted by Crippen LogP contribution is -2.46. The monoisotopic (exact) mass is 303 g/mol. The highest BCUT2D eigenvalue weighted by Gasteiger charge is 2.25. The van der Waals surface area contributed by atoms with Crippen molar-refractivity contribution in [1.82, 2.24) is 15.5 Å². The van der Waals surface area contributed by atoms with E-state index in [0.717, 1.165) is 45.3 Å². The maximum absolute atomic E-state index is 11.9. The van der Waals surface area contributed by atoms with Crippen LogP contribution in [0.15, 0.2) is 0 Å². The van der Waals surface area contributed by atoms with Crippen LogP contribution in [0.5, 0.6) is 0 Å². The normalized spacial score (nSPS) is 25.9. The van der Waals surface area contributed by atoms with Gasteiger partial charge in [-0.25, -0.2) is 0 Å². The predicted molar refractivity (Wildman–Crippen MR) is 80.9 cm³/mol. The Morgan fingerprint density at radius 3 is 2.75 bits per heavy atom. The second-order valence-corrected chi connectivity index (χ2v) is 5.60. The van der Waals surface area contributed by atoms with Gasteiger partial charge in [0.1, 0.15) is 0 Å². The third-order valence-electron chi connectivity index (χ3n) is 4.12. The maximum Gasteiger partial charge on any atom is 0.237 e. The molecular formula is C14H26ClN3O2. The number of carbonyl (C=O) groups excluding carboxylic acids is 2. The van der Waals surface area contributed by atoms with Crippen molar-refractivity contribution in [3.05, 3.63) is 0 Å². The van der Waals surface area contributed by atoms with Crippen molar-refractivity contribution < 1.29 is 9.59 Å². The number of amides is 2. The molecule has 116 valence electrons. The first kappa shape index (κ1) is 17.2. The van der Waals surface area contributed by atoms with Crippen LogP contribution >= 0.6 is 12.4 Å². The molecule has 2 atom stereocenters. The van der Waals surface area contributed by atoms with Crippen molar-refractivity contribution in [2.45, 2.75) is 45.1 Å². The molecule has 2 aliphatic heterocycles. The van der Waals surface area contributed by atoms with Crippen LogP contribution in [0.25, 0.3) is 0 Å². The summed E-state index contributed by atoms with van der Waals surface area (Å²) in [5.41, 5.74) is 0. The quantitative estimate of drug-likeness (QED) is 0.812. The molecule has 5 nitrogen and oxygen atoms in total. The largest absolute Gasteiger partial charge is 0.354 e. The minimum atomic E-state index is -0.00281. The molecule has 2 N–H and O–H groups in total. The van der Waals surface area contributed by atoms with Crippen molar-refractivity contribution in [3.63, 3.8) is 0 Å². The zero-order valence-corrected chi connectivity index (χ0v) is 13.0. The Morgan fingerprint density at radius 2 is 2.10 bits per heavy atom. The molecule has 2 saturated heterocycles. The highest BCUT2D eigenvalue weighted by atomic mass is 35.5. The Labute approximate surface area is 127 Å². The topological polar surface area (TPSA) is 61.4 Å². The van der Waals surface area contributed by atoms with Crippen LogP contribution in [-0.4, -0.2) is 48.9 Å². The maximum atomic E-state index is 11.9. The third-order valence-corrected chi connectivity index (χ3v) is 4.12. The van der Waals surface area contributed by atoms with Crippen LogP contribution in [0.4, 0.5) is 0 Å². The fourth-order valence-corrected chi connectivity index (χ4v) is 2.96. The second-order valence-electron chi connectivity index (χ2n) is 5.60. The first-order valence-electron chi connectivity index (χ1n) is 7.49. The summed E-state index contributed by atoms with van der Waals surface area (Å²) in [5, 5.41) is 6.24. The molecule has 0 radical (unpaired) electrons. The summed E-state index contributed by atoms with van der Waals surface area (Å²) < 4.78 is 0. The van der Waals surface area contributed by atoms with Crippen LogP contribution in [0.1, 0.15) is 39.0 Å². The molecule has 0 aliphatic carbocycles. The summed E-state index contributed by atoms with van der Waals surface area (Å²) in [6, 6.07) is -0.00281. The molecule has 0 aromatic heterocycles. The van der Waals surface area contributed by atoms with E-state index in [9.17, 15) is 9.59 Å². The van der Waals surface area contributed by atoms with E-state index in [1.165, 1.54) is 0 Å². The van der Waals surface area contributed by atoms with Crippen molar-refractivity contribution >= 4 is 24.2 Å². The number of hydrogen-bond acceptors (Lipinski definition) is 3. The number of piperidine rings is 1. The predicted octanol–water partition coefficient (Wildman–Crippen LogP) is 0.925. The molecule has 0 bridgehead atoms. The Kier molecular flexibility index (Phi) is 7.30. The zero-order valence-electron chi connectivity index (χ0n) is 12.2. The van der Waals surface area contributed by atoms with Gasteiger partial charge >= 0.3 is 0 Å². The fraction of sp³-hybridized carbons (Fsp3) is 0.857. The zero-order chi connectivity index (χ0) is 13.7. The van der Waals surface area contributed by atoms with Crippen LogP contribution in [0.3, 0.4) is 0 Å². The van der Waals surface area contributed by atoms with E-state index < -0.39 is 0 Å². The standard InChI is InChI=1S/C14H25N3O2.ClH/c1-2-13(18)17-8-4-5-11(10-17)9-16-14(19)12-6-3-7-15-12;/h11-12,15H,2-10H2,1H3,(H,16,19);1H. The van der Waals surface area contributed by atoms with Crippen LogP contribution < -0.4 is 10.6 Å². The summed E-state index contributed by atoms with van der Waals surface area (Å²) in [5.74, 6) is 0.763.